The average Bonchev–Trinajstić information content (AvgIpc) is 2.19. The van der Waals surface area contributed by atoms with Gasteiger partial charge in [-0.25, -0.2) is 0 Å². The largest absolute Gasteiger partial charge is 0.501 e. The highest BCUT2D eigenvalue weighted by atomic mass is 16.5. The predicted octanol–water partition coefficient (Wildman–Crippen LogP) is 3.64. The molecule has 0 atom stereocenters. The molecule has 0 aliphatic carbocycles. The SMILES string of the molecule is C=C(C)/C(=C(/C)OC)c1ccccc1. The molecule has 74 valence electrons. The van der Waals surface area contributed by atoms with E-state index in [-0.39, 0.29) is 0 Å². The molecule has 1 aromatic carbocycles. The first-order valence-corrected chi connectivity index (χ1v) is 4.63. The van der Waals surface area contributed by atoms with Gasteiger partial charge in [0.1, 0.15) is 5.76 Å². The Morgan fingerprint density at radius 1 is 1.14 bits per heavy atom. The van der Waals surface area contributed by atoms with E-state index >= 15 is 0 Å². The van der Waals surface area contributed by atoms with Gasteiger partial charge in [-0.2, -0.15) is 0 Å². The molecule has 0 fully saturated rings. The van der Waals surface area contributed by atoms with E-state index in [2.05, 4.69) is 18.7 Å². The van der Waals surface area contributed by atoms with E-state index in [0.29, 0.717) is 0 Å². The Hall–Kier alpha value is -1.50. The summed E-state index contributed by atoms with van der Waals surface area (Å²) in [6, 6.07) is 10.2. The van der Waals surface area contributed by atoms with Crippen LogP contribution >= 0.6 is 0 Å². The molecule has 0 aromatic heterocycles. The Bertz CT molecular complexity index is 347. The fourth-order valence-corrected chi connectivity index (χ4v) is 1.46. The Morgan fingerprint density at radius 3 is 2.14 bits per heavy atom. The van der Waals surface area contributed by atoms with Gasteiger partial charge >= 0.3 is 0 Å². The summed E-state index contributed by atoms with van der Waals surface area (Å²) < 4.78 is 5.25. The van der Waals surface area contributed by atoms with Crippen LogP contribution in [0.4, 0.5) is 0 Å². The Balaban J connectivity index is 3.21. The molecule has 0 saturated heterocycles. The standard InChI is InChI=1S/C13H16O/c1-10(2)13(11(3)14-4)12-8-6-5-7-9-12/h5-9H,1H2,2-4H3/b13-11+. The molecule has 0 aliphatic heterocycles. The zero-order valence-corrected chi connectivity index (χ0v) is 9.00. The van der Waals surface area contributed by atoms with E-state index in [1.807, 2.05) is 32.0 Å². The molecule has 0 unspecified atom stereocenters. The van der Waals surface area contributed by atoms with Gasteiger partial charge in [-0.05, 0) is 25.0 Å². The second-order valence-corrected chi connectivity index (χ2v) is 3.28. The molecule has 0 saturated carbocycles. The van der Waals surface area contributed by atoms with E-state index in [0.717, 1.165) is 22.5 Å². The number of hydrogen-bond acceptors (Lipinski definition) is 1. The van der Waals surface area contributed by atoms with Crippen molar-refractivity contribution in [2.75, 3.05) is 7.11 Å². The van der Waals surface area contributed by atoms with Gasteiger partial charge in [0.05, 0.1) is 7.11 Å². The van der Waals surface area contributed by atoms with E-state index in [4.69, 9.17) is 4.74 Å². The van der Waals surface area contributed by atoms with Crippen molar-refractivity contribution < 1.29 is 4.74 Å². The summed E-state index contributed by atoms with van der Waals surface area (Å²) in [5.41, 5.74) is 3.27. The van der Waals surface area contributed by atoms with Crippen LogP contribution in [0, 0.1) is 0 Å². The molecule has 0 bridgehead atoms. The number of rotatable bonds is 3. The van der Waals surface area contributed by atoms with Crippen LogP contribution in [0.1, 0.15) is 19.4 Å². The van der Waals surface area contributed by atoms with Gasteiger partial charge in [-0.1, -0.05) is 36.9 Å². The molecular formula is C13H16O. The summed E-state index contributed by atoms with van der Waals surface area (Å²) in [5.74, 6) is 0.906. The molecule has 0 heterocycles. The first kappa shape index (κ1) is 10.6. The third kappa shape index (κ3) is 2.25. The molecular weight excluding hydrogens is 172 g/mol. The van der Waals surface area contributed by atoms with Crippen LogP contribution in [0.2, 0.25) is 0 Å². The summed E-state index contributed by atoms with van der Waals surface area (Å²) in [4.78, 5) is 0. The summed E-state index contributed by atoms with van der Waals surface area (Å²) >= 11 is 0. The first-order chi connectivity index (χ1) is 6.66. The van der Waals surface area contributed by atoms with Gasteiger partial charge in [0.2, 0.25) is 0 Å². The minimum Gasteiger partial charge on any atom is -0.501 e. The fourth-order valence-electron chi connectivity index (χ4n) is 1.46. The average molecular weight is 188 g/mol. The van der Waals surface area contributed by atoms with Crippen LogP contribution in [-0.2, 0) is 4.74 Å². The van der Waals surface area contributed by atoms with Crippen molar-refractivity contribution in [3.63, 3.8) is 0 Å². The molecule has 0 spiro atoms. The summed E-state index contributed by atoms with van der Waals surface area (Å²) in [7, 11) is 1.68. The highest BCUT2D eigenvalue weighted by Gasteiger charge is 2.06. The Kier molecular flexibility index (Phi) is 3.52. The van der Waals surface area contributed by atoms with Gasteiger partial charge in [-0.3, -0.25) is 0 Å². The number of methoxy groups -OCH3 is 1. The maximum absolute atomic E-state index is 5.25. The third-order valence-corrected chi connectivity index (χ3v) is 2.15. The van der Waals surface area contributed by atoms with E-state index < -0.39 is 0 Å². The predicted molar refractivity (Wildman–Crippen MR) is 60.9 cm³/mol. The Labute approximate surface area is 85.7 Å². The summed E-state index contributed by atoms with van der Waals surface area (Å²) in [6.45, 7) is 7.91. The molecule has 0 radical (unpaired) electrons. The molecule has 1 heteroatoms. The van der Waals surface area contributed by atoms with E-state index in [1.165, 1.54) is 0 Å². The quantitative estimate of drug-likeness (QED) is 0.519. The van der Waals surface area contributed by atoms with Crippen molar-refractivity contribution in [3.8, 4) is 0 Å². The molecule has 14 heavy (non-hydrogen) atoms. The molecule has 1 nitrogen and oxygen atoms in total. The van der Waals surface area contributed by atoms with Crippen LogP contribution in [0.15, 0.2) is 48.2 Å². The summed E-state index contributed by atoms with van der Waals surface area (Å²) in [6.07, 6.45) is 0. The maximum Gasteiger partial charge on any atom is 0.100 e. The van der Waals surface area contributed by atoms with Crippen molar-refractivity contribution in [2.45, 2.75) is 13.8 Å². The highest BCUT2D eigenvalue weighted by Crippen LogP contribution is 2.25. The number of hydrogen-bond donors (Lipinski definition) is 0. The van der Waals surface area contributed by atoms with Crippen molar-refractivity contribution in [2.24, 2.45) is 0 Å². The van der Waals surface area contributed by atoms with E-state index in [9.17, 15) is 0 Å². The number of ether oxygens (including phenoxy) is 1. The normalized spacial score (nSPS) is 11.9. The van der Waals surface area contributed by atoms with Crippen molar-refractivity contribution in [1.82, 2.24) is 0 Å². The van der Waals surface area contributed by atoms with Crippen LogP contribution in [-0.4, -0.2) is 7.11 Å². The topological polar surface area (TPSA) is 9.23 Å². The van der Waals surface area contributed by atoms with Gasteiger partial charge in [0.25, 0.3) is 0 Å². The molecule has 1 aromatic rings. The van der Waals surface area contributed by atoms with Gasteiger partial charge in [0.15, 0.2) is 0 Å². The molecule has 1 rings (SSSR count). The van der Waals surface area contributed by atoms with Crippen molar-refractivity contribution in [1.29, 1.82) is 0 Å². The summed E-state index contributed by atoms with van der Waals surface area (Å²) in [5, 5.41) is 0. The zero-order valence-electron chi connectivity index (χ0n) is 9.00. The van der Waals surface area contributed by atoms with Gasteiger partial charge < -0.3 is 4.74 Å². The van der Waals surface area contributed by atoms with Crippen LogP contribution in [0.5, 0.6) is 0 Å². The number of allylic oxidation sites excluding steroid dienone is 3. The van der Waals surface area contributed by atoms with Crippen molar-refractivity contribution >= 4 is 5.57 Å². The molecule has 0 aliphatic rings. The first-order valence-electron chi connectivity index (χ1n) is 4.63. The lowest BCUT2D eigenvalue weighted by atomic mass is 9.99. The minimum atomic E-state index is 0.906. The fraction of sp³-hybridized carbons (Fsp3) is 0.231. The minimum absolute atomic E-state index is 0.906. The lowest BCUT2D eigenvalue weighted by Gasteiger charge is -2.11. The zero-order chi connectivity index (χ0) is 10.6. The second kappa shape index (κ2) is 4.66. The monoisotopic (exact) mass is 188 g/mol. The van der Waals surface area contributed by atoms with E-state index in [1.54, 1.807) is 7.11 Å². The molecule has 0 amide bonds. The maximum atomic E-state index is 5.25. The van der Waals surface area contributed by atoms with Gasteiger partial charge in [0, 0.05) is 5.57 Å². The van der Waals surface area contributed by atoms with Crippen LogP contribution < -0.4 is 0 Å². The molecule has 0 N–H and O–H groups in total. The van der Waals surface area contributed by atoms with Crippen molar-refractivity contribution in [3.05, 3.63) is 53.8 Å². The number of benzene rings is 1. The Morgan fingerprint density at radius 2 is 1.71 bits per heavy atom. The van der Waals surface area contributed by atoms with Crippen LogP contribution in [0.25, 0.3) is 5.57 Å². The third-order valence-electron chi connectivity index (χ3n) is 2.15. The lowest BCUT2D eigenvalue weighted by molar-refractivity contribution is 0.296. The highest BCUT2D eigenvalue weighted by molar-refractivity contribution is 5.79. The van der Waals surface area contributed by atoms with Gasteiger partial charge in [-0.15, -0.1) is 0 Å². The lowest BCUT2D eigenvalue weighted by Crippen LogP contribution is -1.92. The smallest absolute Gasteiger partial charge is 0.100 e. The second-order valence-electron chi connectivity index (χ2n) is 3.28. The van der Waals surface area contributed by atoms with Crippen LogP contribution in [0.3, 0.4) is 0 Å².